The Labute approximate surface area is 125 Å². The molecule has 0 radical (unpaired) electrons. The minimum absolute atomic E-state index is 0. The Hall–Kier alpha value is -1.52. The zero-order valence-electron chi connectivity index (χ0n) is 11.5. The zero-order valence-corrected chi connectivity index (χ0v) is 12.2. The second-order valence-corrected chi connectivity index (χ2v) is 5.19. The maximum Gasteiger partial charge on any atom is 0.157 e. The summed E-state index contributed by atoms with van der Waals surface area (Å²) in [5.74, 6) is 1.29. The van der Waals surface area contributed by atoms with Gasteiger partial charge in [-0.05, 0) is 17.7 Å². The molecule has 3 fully saturated rings. The van der Waals surface area contributed by atoms with Crippen LogP contribution in [0.4, 0.5) is 0 Å². The summed E-state index contributed by atoms with van der Waals surface area (Å²) in [6.45, 7) is 2.29. The molecule has 5 heteroatoms. The largest absolute Gasteiger partial charge is 1.00 e. The molecule has 0 aliphatic carbocycles. The third-order valence-electron chi connectivity index (χ3n) is 4.17. The predicted molar refractivity (Wildman–Crippen MR) is 73.6 cm³/mol. The number of benzene rings is 1. The molecular weight excluding hydrogens is 276 g/mol. The average molecular weight is 295 g/mol. The Kier molecular flexibility index (Phi) is 4.68. The molecule has 0 amide bonds. The summed E-state index contributed by atoms with van der Waals surface area (Å²) in [5.41, 5.74) is 3.15. The summed E-state index contributed by atoms with van der Waals surface area (Å²) in [6, 6.07) is 7.97. The number of hydrogen-bond acceptors (Lipinski definition) is 3. The molecule has 1 aromatic carbocycles. The number of methoxy groups -OCH3 is 1. The highest BCUT2D eigenvalue weighted by Gasteiger charge is 2.39. The fraction of sp³-hybridized carbons (Fsp3) is 0.400. The van der Waals surface area contributed by atoms with Crippen molar-refractivity contribution in [3.8, 4) is 5.75 Å². The van der Waals surface area contributed by atoms with Crippen LogP contribution < -0.4 is 22.0 Å². The quantitative estimate of drug-likeness (QED) is 0.498. The summed E-state index contributed by atoms with van der Waals surface area (Å²) in [4.78, 5) is 1.44. The fourth-order valence-electron chi connectivity index (χ4n) is 3.09. The van der Waals surface area contributed by atoms with Gasteiger partial charge < -0.3 is 27.3 Å². The molecule has 108 valence electrons. The van der Waals surface area contributed by atoms with Gasteiger partial charge in [0.2, 0.25) is 0 Å². The van der Waals surface area contributed by atoms with Crippen LogP contribution in [0.15, 0.2) is 35.1 Å². The molecule has 3 aliphatic rings. The van der Waals surface area contributed by atoms with E-state index in [2.05, 4.69) is 11.2 Å². The minimum Gasteiger partial charge on any atom is -1.00 e. The number of rotatable bonds is 2. The van der Waals surface area contributed by atoms with Crippen LogP contribution in [0.25, 0.3) is 6.08 Å². The van der Waals surface area contributed by atoms with Gasteiger partial charge in [-0.3, -0.25) is 0 Å². The minimum atomic E-state index is 0. The monoisotopic (exact) mass is 294 g/mol. The Balaban J connectivity index is 0.00000147. The molecule has 4 rings (SSSR count). The number of piperidine rings is 3. The number of nitrogens with zero attached hydrogens (tertiary/aromatic N) is 1. The van der Waals surface area contributed by atoms with Gasteiger partial charge in [-0.15, -0.1) is 0 Å². The van der Waals surface area contributed by atoms with Gasteiger partial charge in [0.25, 0.3) is 0 Å². The molecule has 2 N–H and O–H groups in total. The van der Waals surface area contributed by atoms with Gasteiger partial charge >= 0.3 is 0 Å². The van der Waals surface area contributed by atoms with Crippen LogP contribution in [-0.4, -0.2) is 31.1 Å². The van der Waals surface area contributed by atoms with Crippen molar-refractivity contribution in [2.45, 2.75) is 12.8 Å². The summed E-state index contributed by atoms with van der Waals surface area (Å²) in [7, 11) is 1.67. The highest BCUT2D eigenvalue weighted by molar-refractivity contribution is 6.03. The normalized spacial score (nSPS) is 28.4. The lowest BCUT2D eigenvalue weighted by molar-refractivity contribution is -0.865. The molecule has 2 bridgehead atoms. The van der Waals surface area contributed by atoms with Gasteiger partial charge in [-0.2, -0.15) is 0 Å². The molecule has 1 aromatic rings. The van der Waals surface area contributed by atoms with E-state index in [-0.39, 0.29) is 12.4 Å². The number of hydrogen-bond donors (Lipinski definition) is 2. The number of nitrogens with one attached hydrogen (secondary N) is 1. The van der Waals surface area contributed by atoms with Crippen molar-refractivity contribution in [2.75, 3.05) is 20.2 Å². The van der Waals surface area contributed by atoms with E-state index in [0.29, 0.717) is 5.92 Å². The second kappa shape index (κ2) is 6.29. The predicted octanol–water partition coefficient (Wildman–Crippen LogP) is -1.82. The van der Waals surface area contributed by atoms with Crippen LogP contribution in [0.5, 0.6) is 5.75 Å². The second-order valence-electron chi connectivity index (χ2n) is 5.19. The molecule has 3 aliphatic heterocycles. The molecule has 4 nitrogen and oxygen atoms in total. The summed E-state index contributed by atoms with van der Waals surface area (Å²) < 4.78 is 5.16. The van der Waals surface area contributed by atoms with Crippen LogP contribution in [-0.2, 0) is 0 Å². The van der Waals surface area contributed by atoms with Crippen molar-refractivity contribution >= 4 is 11.8 Å². The topological polar surface area (TPSA) is 46.3 Å². The van der Waals surface area contributed by atoms with E-state index in [0.717, 1.165) is 48.7 Å². The van der Waals surface area contributed by atoms with Crippen molar-refractivity contribution in [1.82, 2.24) is 0 Å². The Bertz CT molecular complexity index is 517. The van der Waals surface area contributed by atoms with Crippen molar-refractivity contribution in [1.29, 1.82) is 0 Å². The van der Waals surface area contributed by atoms with Crippen molar-refractivity contribution in [3.63, 3.8) is 0 Å². The molecular formula is C15H19ClN2O2. The number of fused-ring (bicyclic) bond motifs is 3. The first-order valence-corrected chi connectivity index (χ1v) is 6.75. The zero-order chi connectivity index (χ0) is 13.2. The van der Waals surface area contributed by atoms with E-state index in [9.17, 15) is 5.21 Å². The molecule has 0 saturated carbocycles. The van der Waals surface area contributed by atoms with Gasteiger partial charge in [-0.1, -0.05) is 17.3 Å². The number of allylic oxidation sites excluding steroid dienone is 1. The number of halogens is 1. The Morgan fingerprint density at radius 2 is 1.90 bits per heavy atom. The maximum absolute atomic E-state index is 9.26. The lowest BCUT2D eigenvalue weighted by Gasteiger charge is -2.37. The van der Waals surface area contributed by atoms with E-state index in [1.807, 2.05) is 24.3 Å². The van der Waals surface area contributed by atoms with Crippen LogP contribution in [0.1, 0.15) is 18.4 Å². The van der Waals surface area contributed by atoms with Crippen LogP contribution in [0, 0.1) is 5.92 Å². The van der Waals surface area contributed by atoms with Gasteiger partial charge in [-0.25, -0.2) is 0 Å². The highest BCUT2D eigenvalue weighted by Crippen LogP contribution is 2.23. The maximum atomic E-state index is 9.26. The number of ether oxygens (including phenoxy) is 1. The average Bonchev–Trinajstić information content (AvgIpc) is 2.49. The fourth-order valence-corrected chi connectivity index (χ4v) is 3.09. The summed E-state index contributed by atoms with van der Waals surface area (Å²) in [5, 5.41) is 12.8. The summed E-state index contributed by atoms with van der Waals surface area (Å²) in [6.07, 6.45) is 4.40. The van der Waals surface area contributed by atoms with Crippen molar-refractivity contribution in [3.05, 3.63) is 35.5 Å². The lowest BCUT2D eigenvalue weighted by Crippen LogP contribution is -3.14. The molecule has 20 heavy (non-hydrogen) atoms. The van der Waals surface area contributed by atoms with E-state index in [1.165, 1.54) is 4.90 Å². The first-order valence-electron chi connectivity index (χ1n) is 6.75. The van der Waals surface area contributed by atoms with Crippen LogP contribution in [0.3, 0.4) is 0 Å². The molecule has 3 saturated heterocycles. The first-order chi connectivity index (χ1) is 9.31. The van der Waals surface area contributed by atoms with Gasteiger partial charge in [0, 0.05) is 24.8 Å². The van der Waals surface area contributed by atoms with E-state index < -0.39 is 0 Å². The van der Waals surface area contributed by atoms with E-state index in [4.69, 9.17) is 4.74 Å². The van der Waals surface area contributed by atoms with E-state index in [1.54, 1.807) is 7.11 Å². The first kappa shape index (κ1) is 14.9. The molecule has 3 heterocycles. The van der Waals surface area contributed by atoms with Gasteiger partial charge in [0.05, 0.1) is 20.2 Å². The van der Waals surface area contributed by atoms with Crippen molar-refractivity contribution < 1.29 is 27.3 Å². The SMILES string of the molecule is COc1ccc(/C=C2/C(=N/O)C3CC[NH+]2CC3)cc1.[Cl-]. The molecule has 0 atom stereocenters. The number of quaternary nitrogens is 1. The standard InChI is InChI=1S/C15H18N2O2.ClH/c1-19-13-4-2-11(3-5-13)10-14-15(16-18)12-6-8-17(14)9-7-12;/h2-5,10,12,18H,6-9H2,1H3;1H/b14-10-,16-15+;. The number of oxime groups is 1. The third-order valence-corrected chi connectivity index (χ3v) is 4.17. The smallest absolute Gasteiger partial charge is 0.157 e. The molecule has 0 spiro atoms. The van der Waals surface area contributed by atoms with Gasteiger partial charge in [0.1, 0.15) is 11.5 Å². The van der Waals surface area contributed by atoms with Crippen LogP contribution in [0.2, 0.25) is 0 Å². The Morgan fingerprint density at radius 1 is 1.25 bits per heavy atom. The highest BCUT2D eigenvalue weighted by atomic mass is 35.5. The van der Waals surface area contributed by atoms with Gasteiger partial charge in [0.15, 0.2) is 5.70 Å². The van der Waals surface area contributed by atoms with E-state index >= 15 is 0 Å². The Morgan fingerprint density at radius 3 is 2.45 bits per heavy atom. The lowest BCUT2D eigenvalue weighted by atomic mass is 9.83. The van der Waals surface area contributed by atoms with Crippen LogP contribution >= 0.6 is 0 Å². The third kappa shape index (κ3) is 2.67. The molecule has 0 unspecified atom stereocenters. The summed E-state index contributed by atoms with van der Waals surface area (Å²) >= 11 is 0. The molecule has 0 aromatic heterocycles. The van der Waals surface area contributed by atoms with Crippen molar-refractivity contribution in [2.24, 2.45) is 11.1 Å².